The molecule has 0 saturated heterocycles. The number of benzene rings is 3. The molecule has 9 nitrogen and oxygen atoms in total. The van der Waals surface area contributed by atoms with Gasteiger partial charge in [0.1, 0.15) is 11.6 Å². The lowest BCUT2D eigenvalue weighted by Gasteiger charge is -2.13. The van der Waals surface area contributed by atoms with Crippen LogP contribution in [0.25, 0.3) is 10.9 Å². The molecule has 1 amide bonds. The molecule has 0 fully saturated rings. The number of carbonyl (C=O) groups is 1. The molecular formula is C22H17FN4O5. The van der Waals surface area contributed by atoms with Gasteiger partial charge >= 0.3 is 6.03 Å². The molecule has 0 atom stereocenters. The van der Waals surface area contributed by atoms with E-state index in [9.17, 15) is 24.1 Å². The van der Waals surface area contributed by atoms with E-state index in [1.165, 1.54) is 54.3 Å². The van der Waals surface area contributed by atoms with Crippen molar-refractivity contribution in [3.05, 3.63) is 98.6 Å². The van der Waals surface area contributed by atoms with Crippen LogP contribution in [0.3, 0.4) is 0 Å². The van der Waals surface area contributed by atoms with E-state index in [4.69, 9.17) is 4.74 Å². The van der Waals surface area contributed by atoms with Crippen molar-refractivity contribution in [2.24, 2.45) is 0 Å². The number of nitrogens with zero attached hydrogens (tertiary/aromatic N) is 3. The Morgan fingerprint density at radius 2 is 1.91 bits per heavy atom. The molecule has 0 spiro atoms. The molecule has 3 aromatic carbocycles. The zero-order chi connectivity index (χ0) is 22.8. The summed E-state index contributed by atoms with van der Waals surface area (Å²) in [7, 11) is 1.45. The maximum Gasteiger partial charge on any atom is 0.348 e. The van der Waals surface area contributed by atoms with Crippen LogP contribution >= 0.6 is 0 Å². The minimum Gasteiger partial charge on any atom is -0.497 e. The average Bonchev–Trinajstić information content (AvgIpc) is 3.06. The van der Waals surface area contributed by atoms with Crippen LogP contribution in [0.4, 0.5) is 20.6 Å². The molecule has 0 radical (unpaired) electrons. The number of amides is 1. The number of nitrogens with one attached hydrogen (secondary N) is 1. The van der Waals surface area contributed by atoms with Gasteiger partial charge in [0.05, 0.1) is 35.2 Å². The summed E-state index contributed by atoms with van der Waals surface area (Å²) in [5, 5.41) is 13.7. The Morgan fingerprint density at radius 3 is 2.62 bits per heavy atom. The number of fused-ring (bicyclic) bond motifs is 1. The number of nitro groups is 1. The summed E-state index contributed by atoms with van der Waals surface area (Å²) in [6.45, 7) is -0.0164. The van der Waals surface area contributed by atoms with Gasteiger partial charge in [-0.3, -0.25) is 19.6 Å². The quantitative estimate of drug-likeness (QED) is 0.376. The topological polar surface area (TPSA) is 108 Å². The van der Waals surface area contributed by atoms with Crippen LogP contribution in [0.5, 0.6) is 5.75 Å². The van der Waals surface area contributed by atoms with Crippen molar-refractivity contribution in [2.45, 2.75) is 6.54 Å². The lowest BCUT2D eigenvalue weighted by atomic mass is 10.2. The Balaban J connectivity index is 1.85. The summed E-state index contributed by atoms with van der Waals surface area (Å²) in [4.78, 5) is 36.8. The summed E-state index contributed by atoms with van der Waals surface area (Å²) in [6, 6.07) is 15.3. The van der Waals surface area contributed by atoms with Crippen LogP contribution in [-0.4, -0.2) is 27.4 Å². The summed E-state index contributed by atoms with van der Waals surface area (Å²) < 4.78 is 21.4. The molecule has 1 heterocycles. The second-order valence-electron chi connectivity index (χ2n) is 6.89. The highest BCUT2D eigenvalue weighted by Crippen LogP contribution is 2.22. The number of carbonyl (C=O) groups excluding carboxylic acids is 1. The number of rotatable bonds is 5. The van der Waals surface area contributed by atoms with Crippen molar-refractivity contribution in [2.75, 3.05) is 12.4 Å². The smallest absolute Gasteiger partial charge is 0.348 e. The van der Waals surface area contributed by atoms with Crippen molar-refractivity contribution < 1.29 is 18.8 Å². The number of para-hydroxylation sites is 1. The van der Waals surface area contributed by atoms with Gasteiger partial charge in [0.15, 0.2) is 0 Å². The number of ether oxygens (including phenoxy) is 1. The van der Waals surface area contributed by atoms with E-state index >= 15 is 0 Å². The largest absolute Gasteiger partial charge is 0.497 e. The molecule has 0 aliphatic heterocycles. The van der Waals surface area contributed by atoms with E-state index in [0.29, 0.717) is 16.8 Å². The molecule has 32 heavy (non-hydrogen) atoms. The number of nitro benzene ring substituents is 1. The van der Waals surface area contributed by atoms with Crippen LogP contribution in [0.2, 0.25) is 0 Å². The average molecular weight is 436 g/mol. The predicted octanol–water partition coefficient (Wildman–Crippen LogP) is 3.99. The third kappa shape index (κ3) is 3.81. The van der Waals surface area contributed by atoms with Crippen LogP contribution in [-0.2, 0) is 6.54 Å². The Labute approximate surface area is 180 Å². The number of methoxy groups -OCH3 is 1. The molecule has 4 rings (SSSR count). The van der Waals surface area contributed by atoms with Crippen LogP contribution in [0.1, 0.15) is 5.56 Å². The third-order valence-electron chi connectivity index (χ3n) is 4.91. The van der Waals surface area contributed by atoms with Gasteiger partial charge in [-0.1, -0.05) is 24.3 Å². The van der Waals surface area contributed by atoms with Crippen molar-refractivity contribution in [3.63, 3.8) is 0 Å². The van der Waals surface area contributed by atoms with Gasteiger partial charge in [0.25, 0.3) is 11.2 Å². The van der Waals surface area contributed by atoms with Gasteiger partial charge in [0, 0.05) is 12.1 Å². The van der Waals surface area contributed by atoms with Crippen molar-refractivity contribution in [3.8, 4) is 5.75 Å². The van der Waals surface area contributed by atoms with E-state index in [2.05, 4.69) is 5.32 Å². The molecule has 10 heteroatoms. The number of aromatic nitrogens is 2. The number of non-ortho nitro benzene ring substituents is 1. The molecule has 162 valence electrons. The van der Waals surface area contributed by atoms with Gasteiger partial charge < -0.3 is 10.1 Å². The SMILES string of the molecule is COc1ccc2c(c1)c(=O)n(C(=O)Nc1ccccc1F)n2Cc1cccc([N+](=O)[O-])c1. The second kappa shape index (κ2) is 8.34. The number of hydrogen-bond donors (Lipinski definition) is 1. The number of halogens is 1. The Hall–Kier alpha value is -4.47. The van der Waals surface area contributed by atoms with Crippen molar-refractivity contribution >= 4 is 28.3 Å². The first kappa shape index (κ1) is 20.8. The normalized spacial score (nSPS) is 10.8. The van der Waals surface area contributed by atoms with E-state index in [0.717, 1.165) is 4.68 Å². The molecule has 0 aliphatic rings. The van der Waals surface area contributed by atoms with Gasteiger partial charge in [-0.2, -0.15) is 4.68 Å². The lowest BCUT2D eigenvalue weighted by molar-refractivity contribution is -0.384. The Kier molecular flexibility index (Phi) is 5.42. The minimum atomic E-state index is -0.874. The van der Waals surface area contributed by atoms with Crippen molar-refractivity contribution in [1.82, 2.24) is 9.36 Å². The van der Waals surface area contributed by atoms with Crippen molar-refractivity contribution in [1.29, 1.82) is 0 Å². The second-order valence-corrected chi connectivity index (χ2v) is 6.89. The lowest BCUT2D eigenvalue weighted by Crippen LogP contribution is -2.34. The number of anilines is 1. The van der Waals surface area contributed by atoms with Gasteiger partial charge in [-0.25, -0.2) is 9.18 Å². The fraction of sp³-hybridized carbons (Fsp3) is 0.0909. The highest BCUT2D eigenvalue weighted by Gasteiger charge is 2.21. The molecule has 1 N–H and O–H groups in total. The number of hydrogen-bond acceptors (Lipinski definition) is 5. The Bertz CT molecular complexity index is 1410. The van der Waals surface area contributed by atoms with Crippen LogP contribution in [0.15, 0.2) is 71.5 Å². The first-order valence-corrected chi connectivity index (χ1v) is 9.48. The van der Waals surface area contributed by atoms with Gasteiger partial charge in [0.2, 0.25) is 0 Å². The summed E-state index contributed by atoms with van der Waals surface area (Å²) in [5.41, 5.74) is 0.0583. The zero-order valence-corrected chi connectivity index (χ0v) is 16.8. The maximum absolute atomic E-state index is 14.0. The van der Waals surface area contributed by atoms with E-state index in [1.54, 1.807) is 24.3 Å². The summed E-state index contributed by atoms with van der Waals surface area (Å²) in [5.74, 6) is -0.235. The van der Waals surface area contributed by atoms with E-state index < -0.39 is 22.3 Å². The Morgan fingerprint density at radius 1 is 1.12 bits per heavy atom. The highest BCUT2D eigenvalue weighted by atomic mass is 19.1. The fourth-order valence-corrected chi connectivity index (χ4v) is 3.40. The third-order valence-corrected chi connectivity index (χ3v) is 4.91. The minimum absolute atomic E-state index is 0.0164. The van der Waals surface area contributed by atoms with Gasteiger partial charge in [-0.05, 0) is 35.9 Å². The monoisotopic (exact) mass is 436 g/mol. The molecule has 4 aromatic rings. The summed E-state index contributed by atoms with van der Waals surface area (Å²) >= 11 is 0. The van der Waals surface area contributed by atoms with Crippen LogP contribution < -0.4 is 15.6 Å². The fourth-order valence-electron chi connectivity index (χ4n) is 3.40. The van der Waals surface area contributed by atoms with E-state index in [1.807, 2.05) is 0 Å². The van der Waals surface area contributed by atoms with Gasteiger partial charge in [-0.15, -0.1) is 0 Å². The maximum atomic E-state index is 14.0. The van der Waals surface area contributed by atoms with E-state index in [-0.39, 0.29) is 23.3 Å². The van der Waals surface area contributed by atoms with Crippen LogP contribution in [0, 0.1) is 15.9 Å². The standard InChI is InChI=1S/C22H17FN4O5/c1-32-16-9-10-20-17(12-16)21(28)26(22(29)24-19-8-3-2-7-18(19)23)25(20)13-14-5-4-6-15(11-14)27(30)31/h2-12H,13H2,1H3,(H,24,29). The molecule has 0 bridgehead atoms. The first-order chi connectivity index (χ1) is 15.4. The molecular weight excluding hydrogens is 419 g/mol. The summed E-state index contributed by atoms with van der Waals surface area (Å²) in [6.07, 6.45) is 0. The first-order valence-electron chi connectivity index (χ1n) is 9.48. The zero-order valence-electron chi connectivity index (χ0n) is 16.8. The molecule has 0 saturated carbocycles. The highest BCUT2D eigenvalue weighted by molar-refractivity contribution is 5.93. The molecule has 0 aliphatic carbocycles. The molecule has 0 unspecified atom stereocenters. The predicted molar refractivity (Wildman–Crippen MR) is 116 cm³/mol. The molecule has 1 aromatic heterocycles.